The second kappa shape index (κ2) is 3.87. The van der Waals surface area contributed by atoms with E-state index in [4.69, 9.17) is 9.47 Å². The molecule has 1 unspecified atom stereocenters. The largest absolute Gasteiger partial charge is 0.469 e. The number of piperidine rings is 1. The Kier molecular flexibility index (Phi) is 2.74. The lowest BCUT2D eigenvalue weighted by Gasteiger charge is -2.36. The van der Waals surface area contributed by atoms with E-state index < -0.39 is 0 Å². The van der Waals surface area contributed by atoms with Crippen LogP contribution in [0, 0.1) is 5.92 Å². The minimum absolute atomic E-state index is 0.0467. The molecule has 1 N–H and O–H groups in total. The lowest BCUT2D eigenvalue weighted by Crippen LogP contribution is -2.48. The van der Waals surface area contributed by atoms with Gasteiger partial charge in [0.25, 0.3) is 0 Å². The second-order valence-corrected chi connectivity index (χ2v) is 4.03. The van der Waals surface area contributed by atoms with Crippen LogP contribution in [0.15, 0.2) is 0 Å². The smallest absolute Gasteiger partial charge is 0.311 e. The molecule has 0 radical (unpaired) electrons. The summed E-state index contributed by atoms with van der Waals surface area (Å²) in [6.45, 7) is 2.57. The highest BCUT2D eigenvalue weighted by molar-refractivity contribution is 5.74. The number of rotatable bonds is 1. The number of nitrogens with one attached hydrogen (secondary N) is 1. The van der Waals surface area contributed by atoms with Crippen LogP contribution < -0.4 is 5.32 Å². The topological polar surface area (TPSA) is 47.6 Å². The van der Waals surface area contributed by atoms with Gasteiger partial charge in [0, 0.05) is 6.61 Å². The summed E-state index contributed by atoms with van der Waals surface area (Å²) in [6, 6.07) is 0. The van der Waals surface area contributed by atoms with Crippen LogP contribution >= 0.6 is 0 Å². The maximum absolute atomic E-state index is 11.6. The Balaban J connectivity index is 2.11. The Morgan fingerprint density at radius 2 is 2.21 bits per heavy atom. The summed E-state index contributed by atoms with van der Waals surface area (Å²) < 4.78 is 10.6. The Hall–Kier alpha value is -0.610. The lowest BCUT2D eigenvalue weighted by atomic mass is 9.80. The third-order valence-electron chi connectivity index (χ3n) is 3.37. The van der Waals surface area contributed by atoms with Gasteiger partial charge < -0.3 is 14.8 Å². The predicted molar refractivity (Wildman–Crippen MR) is 50.9 cm³/mol. The van der Waals surface area contributed by atoms with Crippen LogP contribution in [0.2, 0.25) is 0 Å². The molecule has 14 heavy (non-hydrogen) atoms. The van der Waals surface area contributed by atoms with Crippen molar-refractivity contribution in [3.63, 3.8) is 0 Å². The zero-order valence-corrected chi connectivity index (χ0v) is 8.54. The number of esters is 1. The van der Waals surface area contributed by atoms with Gasteiger partial charge in [0.2, 0.25) is 0 Å². The van der Waals surface area contributed by atoms with Gasteiger partial charge in [0.1, 0.15) is 0 Å². The Labute approximate surface area is 84.0 Å². The zero-order valence-electron chi connectivity index (χ0n) is 8.54. The molecule has 1 atom stereocenters. The summed E-state index contributed by atoms with van der Waals surface area (Å²) >= 11 is 0. The third kappa shape index (κ3) is 1.53. The van der Waals surface area contributed by atoms with E-state index in [1.165, 1.54) is 7.11 Å². The highest BCUT2D eigenvalue weighted by Gasteiger charge is 2.49. The molecule has 2 aliphatic rings. The van der Waals surface area contributed by atoms with E-state index in [9.17, 15) is 4.79 Å². The first kappa shape index (κ1) is 9.93. The SMILES string of the molecule is COC(=O)C1CCOC12CCNCC2. The van der Waals surface area contributed by atoms with E-state index >= 15 is 0 Å². The number of carbonyl (C=O) groups excluding carboxylic acids is 1. The summed E-state index contributed by atoms with van der Waals surface area (Å²) in [5.41, 5.74) is -0.224. The molecular formula is C10H17NO3. The fraction of sp³-hybridized carbons (Fsp3) is 0.900. The minimum Gasteiger partial charge on any atom is -0.469 e. The predicted octanol–water partition coefficient (Wildman–Crippen LogP) is 0.318. The molecule has 0 saturated carbocycles. The number of methoxy groups -OCH3 is 1. The quantitative estimate of drug-likeness (QED) is 0.618. The first-order chi connectivity index (χ1) is 6.78. The molecule has 2 fully saturated rings. The van der Waals surface area contributed by atoms with Gasteiger partial charge in [0.05, 0.1) is 18.6 Å². The number of hydrogen-bond acceptors (Lipinski definition) is 4. The van der Waals surface area contributed by atoms with Crippen molar-refractivity contribution in [1.82, 2.24) is 5.32 Å². The fourth-order valence-corrected chi connectivity index (χ4v) is 2.56. The summed E-state index contributed by atoms with van der Waals surface area (Å²) in [5, 5.41) is 3.28. The van der Waals surface area contributed by atoms with Crippen molar-refractivity contribution in [2.75, 3.05) is 26.8 Å². The summed E-state index contributed by atoms with van der Waals surface area (Å²) in [4.78, 5) is 11.6. The number of ether oxygens (including phenoxy) is 2. The highest BCUT2D eigenvalue weighted by atomic mass is 16.5. The summed E-state index contributed by atoms with van der Waals surface area (Å²) in [7, 11) is 1.45. The first-order valence-corrected chi connectivity index (χ1v) is 5.21. The summed E-state index contributed by atoms with van der Waals surface area (Å²) in [5.74, 6) is -0.154. The molecule has 0 aromatic rings. The van der Waals surface area contributed by atoms with Crippen LogP contribution in [0.25, 0.3) is 0 Å². The van der Waals surface area contributed by atoms with Crippen molar-refractivity contribution < 1.29 is 14.3 Å². The van der Waals surface area contributed by atoms with E-state index in [0.717, 1.165) is 32.4 Å². The van der Waals surface area contributed by atoms with Gasteiger partial charge in [-0.3, -0.25) is 4.79 Å². The van der Waals surface area contributed by atoms with E-state index in [-0.39, 0.29) is 17.5 Å². The molecule has 2 heterocycles. The Morgan fingerprint density at radius 3 is 2.86 bits per heavy atom. The van der Waals surface area contributed by atoms with Crippen LogP contribution in [0.3, 0.4) is 0 Å². The van der Waals surface area contributed by atoms with Gasteiger partial charge in [-0.2, -0.15) is 0 Å². The molecule has 1 spiro atoms. The van der Waals surface area contributed by atoms with E-state index in [1.807, 2.05) is 0 Å². The average molecular weight is 199 g/mol. The molecule has 0 bridgehead atoms. The van der Waals surface area contributed by atoms with Gasteiger partial charge in [0.15, 0.2) is 0 Å². The van der Waals surface area contributed by atoms with Gasteiger partial charge in [-0.1, -0.05) is 0 Å². The van der Waals surface area contributed by atoms with Gasteiger partial charge in [-0.25, -0.2) is 0 Å². The second-order valence-electron chi connectivity index (χ2n) is 4.03. The fourth-order valence-electron chi connectivity index (χ4n) is 2.56. The van der Waals surface area contributed by atoms with Crippen LogP contribution in [0.1, 0.15) is 19.3 Å². The Bertz CT molecular complexity index is 223. The normalized spacial score (nSPS) is 30.5. The van der Waals surface area contributed by atoms with E-state index in [1.54, 1.807) is 0 Å². The van der Waals surface area contributed by atoms with Crippen molar-refractivity contribution in [3.05, 3.63) is 0 Å². The first-order valence-electron chi connectivity index (χ1n) is 5.21. The van der Waals surface area contributed by atoms with Crippen LogP contribution in [-0.4, -0.2) is 38.4 Å². The summed E-state index contributed by atoms with van der Waals surface area (Å²) in [6.07, 6.45) is 2.66. The van der Waals surface area contributed by atoms with Crippen LogP contribution in [0.4, 0.5) is 0 Å². The van der Waals surface area contributed by atoms with Crippen LogP contribution in [0.5, 0.6) is 0 Å². The Morgan fingerprint density at radius 1 is 1.50 bits per heavy atom. The molecule has 2 rings (SSSR count). The van der Waals surface area contributed by atoms with Crippen LogP contribution in [-0.2, 0) is 14.3 Å². The maximum Gasteiger partial charge on any atom is 0.311 e. The molecule has 0 aromatic heterocycles. The van der Waals surface area contributed by atoms with Gasteiger partial charge >= 0.3 is 5.97 Å². The maximum atomic E-state index is 11.6. The van der Waals surface area contributed by atoms with E-state index in [2.05, 4.69) is 5.32 Å². The number of hydrogen-bond donors (Lipinski definition) is 1. The molecule has 0 amide bonds. The zero-order chi connectivity index (χ0) is 10.0. The van der Waals surface area contributed by atoms with Crippen molar-refractivity contribution >= 4 is 5.97 Å². The molecule has 80 valence electrons. The van der Waals surface area contributed by atoms with Crippen molar-refractivity contribution in [2.24, 2.45) is 5.92 Å². The molecule has 2 aliphatic heterocycles. The molecule has 0 aromatic carbocycles. The van der Waals surface area contributed by atoms with Crippen molar-refractivity contribution in [2.45, 2.75) is 24.9 Å². The lowest BCUT2D eigenvalue weighted by molar-refractivity contribution is -0.153. The number of carbonyl (C=O) groups is 1. The molecular weight excluding hydrogens is 182 g/mol. The van der Waals surface area contributed by atoms with Crippen molar-refractivity contribution in [3.8, 4) is 0 Å². The molecule has 0 aliphatic carbocycles. The monoisotopic (exact) mass is 199 g/mol. The molecule has 4 heteroatoms. The van der Waals surface area contributed by atoms with Gasteiger partial charge in [-0.15, -0.1) is 0 Å². The average Bonchev–Trinajstić information content (AvgIpc) is 2.62. The standard InChI is InChI=1S/C10H17NO3/c1-13-9(12)8-2-7-14-10(8)3-5-11-6-4-10/h8,11H,2-7H2,1H3. The minimum atomic E-state index is -0.224. The van der Waals surface area contributed by atoms with Gasteiger partial charge in [-0.05, 0) is 32.4 Å². The third-order valence-corrected chi connectivity index (χ3v) is 3.37. The van der Waals surface area contributed by atoms with Crippen molar-refractivity contribution in [1.29, 1.82) is 0 Å². The highest BCUT2D eigenvalue weighted by Crippen LogP contribution is 2.39. The molecule has 4 nitrogen and oxygen atoms in total. The van der Waals surface area contributed by atoms with E-state index in [0.29, 0.717) is 6.61 Å². The molecule has 2 saturated heterocycles.